The summed E-state index contributed by atoms with van der Waals surface area (Å²) in [6.07, 6.45) is 1.95. The molecule has 1 aromatic carbocycles. The van der Waals surface area contributed by atoms with E-state index >= 15 is 0 Å². The lowest BCUT2D eigenvalue weighted by Crippen LogP contribution is -2.41. The van der Waals surface area contributed by atoms with E-state index < -0.39 is 0 Å². The van der Waals surface area contributed by atoms with E-state index in [-0.39, 0.29) is 11.9 Å². The van der Waals surface area contributed by atoms with E-state index in [1.54, 1.807) is 0 Å². The predicted octanol–water partition coefficient (Wildman–Crippen LogP) is 2.40. The molecule has 0 radical (unpaired) electrons. The molecule has 0 unspecified atom stereocenters. The molecular formula is C16H27N3O. The van der Waals surface area contributed by atoms with Crippen LogP contribution in [0.4, 0.5) is 5.69 Å². The van der Waals surface area contributed by atoms with Gasteiger partial charge < -0.3 is 11.1 Å². The molecule has 0 aliphatic heterocycles. The van der Waals surface area contributed by atoms with Crippen LogP contribution in [0.2, 0.25) is 0 Å². The van der Waals surface area contributed by atoms with E-state index in [1.807, 2.05) is 24.3 Å². The van der Waals surface area contributed by atoms with Crippen molar-refractivity contribution in [1.82, 2.24) is 10.2 Å². The molecule has 0 atom stereocenters. The number of nitrogen functional groups attached to an aromatic ring is 1. The number of rotatable bonds is 8. The quantitative estimate of drug-likeness (QED) is 0.717. The molecule has 1 amide bonds. The van der Waals surface area contributed by atoms with Gasteiger partial charge in [0.25, 0.3) is 0 Å². The highest BCUT2D eigenvalue weighted by Gasteiger charge is 2.12. The normalized spacial score (nSPS) is 11.1. The van der Waals surface area contributed by atoms with Crippen molar-refractivity contribution in [1.29, 1.82) is 0 Å². The van der Waals surface area contributed by atoms with Gasteiger partial charge in [0, 0.05) is 18.3 Å². The number of nitrogens with two attached hydrogens (primary N) is 1. The fraction of sp³-hybridized carbons (Fsp3) is 0.562. The molecule has 4 nitrogen and oxygen atoms in total. The maximum Gasteiger partial charge on any atom is 0.234 e. The predicted molar refractivity (Wildman–Crippen MR) is 84.3 cm³/mol. The summed E-state index contributed by atoms with van der Waals surface area (Å²) in [5, 5.41) is 3.07. The smallest absolute Gasteiger partial charge is 0.234 e. The van der Waals surface area contributed by atoms with Crippen LogP contribution in [0.3, 0.4) is 0 Å². The first-order valence-corrected chi connectivity index (χ1v) is 7.45. The van der Waals surface area contributed by atoms with Crippen LogP contribution < -0.4 is 11.1 Å². The number of hydrogen-bond acceptors (Lipinski definition) is 3. The van der Waals surface area contributed by atoms with Crippen molar-refractivity contribution in [2.24, 2.45) is 0 Å². The molecule has 0 saturated heterocycles. The first kappa shape index (κ1) is 16.5. The first-order chi connectivity index (χ1) is 9.58. The molecule has 0 aliphatic carbocycles. The number of carbonyl (C=O) groups is 1. The van der Waals surface area contributed by atoms with Crippen molar-refractivity contribution in [2.45, 2.75) is 46.2 Å². The van der Waals surface area contributed by atoms with Gasteiger partial charge in [-0.05, 0) is 37.1 Å². The third-order valence-corrected chi connectivity index (χ3v) is 3.52. The second-order valence-electron chi connectivity index (χ2n) is 5.13. The SMILES string of the molecule is CCC(CC)NC(=O)CN(CC)Cc1cccc(N)c1. The number of hydrogen-bond donors (Lipinski definition) is 2. The zero-order valence-corrected chi connectivity index (χ0v) is 12.9. The van der Waals surface area contributed by atoms with E-state index in [9.17, 15) is 4.79 Å². The number of nitrogens with one attached hydrogen (secondary N) is 1. The number of nitrogens with zero attached hydrogens (tertiary/aromatic N) is 1. The Morgan fingerprint density at radius 1 is 1.30 bits per heavy atom. The fourth-order valence-electron chi connectivity index (χ4n) is 2.20. The van der Waals surface area contributed by atoms with Crippen molar-refractivity contribution in [3.8, 4) is 0 Å². The first-order valence-electron chi connectivity index (χ1n) is 7.45. The highest BCUT2D eigenvalue weighted by Crippen LogP contribution is 2.09. The number of amides is 1. The topological polar surface area (TPSA) is 58.4 Å². The summed E-state index contributed by atoms with van der Waals surface area (Å²) in [6.45, 7) is 8.28. The Hall–Kier alpha value is -1.55. The van der Waals surface area contributed by atoms with E-state index in [0.29, 0.717) is 6.54 Å². The minimum Gasteiger partial charge on any atom is -0.399 e. The van der Waals surface area contributed by atoms with Gasteiger partial charge in [-0.2, -0.15) is 0 Å². The molecular weight excluding hydrogens is 250 g/mol. The summed E-state index contributed by atoms with van der Waals surface area (Å²) in [5.41, 5.74) is 7.69. The molecule has 0 heterocycles. The Labute approximate surface area is 122 Å². The van der Waals surface area contributed by atoms with Crippen LogP contribution in [-0.2, 0) is 11.3 Å². The Bertz CT molecular complexity index is 416. The van der Waals surface area contributed by atoms with Crippen LogP contribution in [0.25, 0.3) is 0 Å². The third-order valence-electron chi connectivity index (χ3n) is 3.52. The van der Waals surface area contributed by atoms with Crippen LogP contribution >= 0.6 is 0 Å². The van der Waals surface area contributed by atoms with Crippen LogP contribution in [0.1, 0.15) is 39.2 Å². The van der Waals surface area contributed by atoms with Gasteiger partial charge in [-0.3, -0.25) is 9.69 Å². The Morgan fingerprint density at radius 3 is 2.55 bits per heavy atom. The lowest BCUT2D eigenvalue weighted by molar-refractivity contribution is -0.123. The second kappa shape index (κ2) is 8.59. The number of likely N-dealkylation sites (N-methyl/N-ethyl adjacent to an activating group) is 1. The third kappa shape index (κ3) is 5.61. The monoisotopic (exact) mass is 277 g/mol. The summed E-state index contributed by atoms with van der Waals surface area (Å²) in [5.74, 6) is 0.101. The average Bonchev–Trinajstić information content (AvgIpc) is 2.44. The summed E-state index contributed by atoms with van der Waals surface area (Å²) < 4.78 is 0. The Balaban J connectivity index is 2.52. The van der Waals surface area contributed by atoms with Crippen molar-refractivity contribution in [2.75, 3.05) is 18.8 Å². The molecule has 0 aliphatic rings. The molecule has 112 valence electrons. The van der Waals surface area contributed by atoms with Gasteiger partial charge in [0.05, 0.1) is 6.54 Å². The fourth-order valence-corrected chi connectivity index (χ4v) is 2.20. The minimum absolute atomic E-state index is 0.101. The molecule has 3 N–H and O–H groups in total. The molecule has 0 fully saturated rings. The number of anilines is 1. The van der Waals surface area contributed by atoms with Crippen LogP contribution in [0.5, 0.6) is 0 Å². The molecule has 4 heteroatoms. The zero-order valence-electron chi connectivity index (χ0n) is 12.9. The summed E-state index contributed by atoms with van der Waals surface area (Å²) >= 11 is 0. The Kier molecular flexibility index (Phi) is 7.09. The maximum absolute atomic E-state index is 12.0. The highest BCUT2D eigenvalue weighted by atomic mass is 16.2. The van der Waals surface area contributed by atoms with Gasteiger partial charge in [-0.1, -0.05) is 32.9 Å². The average molecular weight is 277 g/mol. The number of benzene rings is 1. The van der Waals surface area contributed by atoms with Gasteiger partial charge in [0.1, 0.15) is 0 Å². The highest BCUT2D eigenvalue weighted by molar-refractivity contribution is 5.78. The van der Waals surface area contributed by atoms with Gasteiger partial charge in [0.2, 0.25) is 5.91 Å². The van der Waals surface area contributed by atoms with E-state index in [1.165, 1.54) is 0 Å². The Morgan fingerprint density at radius 2 is 2.00 bits per heavy atom. The van der Waals surface area contributed by atoms with Gasteiger partial charge >= 0.3 is 0 Å². The lowest BCUT2D eigenvalue weighted by atomic mass is 10.1. The second-order valence-corrected chi connectivity index (χ2v) is 5.13. The van der Waals surface area contributed by atoms with Gasteiger partial charge in [-0.15, -0.1) is 0 Å². The van der Waals surface area contributed by atoms with Crippen LogP contribution in [0, 0.1) is 0 Å². The van der Waals surface area contributed by atoms with E-state index in [0.717, 1.165) is 37.2 Å². The van der Waals surface area contributed by atoms with Crippen LogP contribution in [0.15, 0.2) is 24.3 Å². The molecule has 0 spiro atoms. The summed E-state index contributed by atoms with van der Waals surface area (Å²) in [7, 11) is 0. The molecule has 1 rings (SSSR count). The molecule has 20 heavy (non-hydrogen) atoms. The van der Waals surface area contributed by atoms with Crippen molar-refractivity contribution in [3.05, 3.63) is 29.8 Å². The summed E-state index contributed by atoms with van der Waals surface area (Å²) in [4.78, 5) is 14.1. The minimum atomic E-state index is 0.101. The lowest BCUT2D eigenvalue weighted by Gasteiger charge is -2.22. The molecule has 0 aromatic heterocycles. The standard InChI is InChI=1S/C16H27N3O/c1-4-15(5-2)18-16(20)12-19(6-3)11-13-8-7-9-14(17)10-13/h7-10,15H,4-6,11-12,17H2,1-3H3,(H,18,20). The van der Waals surface area contributed by atoms with E-state index in [2.05, 4.69) is 31.0 Å². The van der Waals surface area contributed by atoms with E-state index in [4.69, 9.17) is 5.73 Å². The summed E-state index contributed by atoms with van der Waals surface area (Å²) in [6, 6.07) is 8.11. The van der Waals surface area contributed by atoms with Crippen LogP contribution in [-0.4, -0.2) is 29.9 Å². The molecule has 0 bridgehead atoms. The van der Waals surface area contributed by atoms with Crippen molar-refractivity contribution >= 4 is 11.6 Å². The van der Waals surface area contributed by atoms with Crippen molar-refractivity contribution in [3.63, 3.8) is 0 Å². The van der Waals surface area contributed by atoms with Gasteiger partial charge in [-0.25, -0.2) is 0 Å². The van der Waals surface area contributed by atoms with Crippen molar-refractivity contribution < 1.29 is 4.79 Å². The maximum atomic E-state index is 12.0. The zero-order chi connectivity index (χ0) is 15.0. The van der Waals surface area contributed by atoms with Gasteiger partial charge in [0.15, 0.2) is 0 Å². The molecule has 0 saturated carbocycles. The number of carbonyl (C=O) groups excluding carboxylic acids is 1. The molecule has 1 aromatic rings. The largest absolute Gasteiger partial charge is 0.399 e.